The lowest BCUT2D eigenvalue weighted by molar-refractivity contribution is -0.0569. The van der Waals surface area contributed by atoms with Crippen LogP contribution in [0.2, 0.25) is 0 Å². The van der Waals surface area contributed by atoms with Crippen LogP contribution in [-0.4, -0.2) is 58.4 Å². The summed E-state index contributed by atoms with van der Waals surface area (Å²) in [5.41, 5.74) is 1.25. The molecule has 3 aliphatic heterocycles. The second-order valence-corrected chi connectivity index (χ2v) is 9.83. The van der Waals surface area contributed by atoms with E-state index in [0.29, 0.717) is 32.4 Å². The largest absolute Gasteiger partial charge is 0.487 e. The molecule has 1 spiro atoms. The van der Waals surface area contributed by atoms with Crippen molar-refractivity contribution < 1.29 is 19.4 Å². The second-order valence-electron chi connectivity index (χ2n) is 9.83. The number of hydrogen-bond acceptors (Lipinski definition) is 5. The van der Waals surface area contributed by atoms with Crippen molar-refractivity contribution in [1.29, 1.82) is 0 Å². The molecule has 0 radical (unpaired) electrons. The Labute approximate surface area is 173 Å². The predicted octanol–water partition coefficient (Wildman–Crippen LogP) is 3.87. The fourth-order valence-electron chi connectivity index (χ4n) is 4.72. The van der Waals surface area contributed by atoms with Gasteiger partial charge in [-0.25, -0.2) is 4.79 Å². The number of likely N-dealkylation sites (tertiary alicyclic amines) is 2. The SMILES string of the molecule is CC(C)(C)OC(=O)N1CCC2(CC1)CC(O)c1cc(CN3CCCC3)ccc1O2. The fourth-order valence-corrected chi connectivity index (χ4v) is 4.72. The van der Waals surface area contributed by atoms with Crippen molar-refractivity contribution in [3.05, 3.63) is 29.3 Å². The number of hydrogen-bond donors (Lipinski definition) is 1. The molecule has 0 aromatic heterocycles. The molecule has 4 rings (SSSR count). The molecule has 6 nitrogen and oxygen atoms in total. The molecular weight excluding hydrogens is 368 g/mol. The Kier molecular flexibility index (Phi) is 5.51. The highest BCUT2D eigenvalue weighted by atomic mass is 16.6. The molecule has 2 saturated heterocycles. The number of rotatable bonds is 2. The molecule has 3 aliphatic rings. The zero-order chi connectivity index (χ0) is 20.6. The number of nitrogens with zero attached hydrogens (tertiary/aromatic N) is 2. The Morgan fingerprint density at radius 1 is 1.21 bits per heavy atom. The highest BCUT2D eigenvalue weighted by molar-refractivity contribution is 5.68. The smallest absolute Gasteiger partial charge is 0.410 e. The van der Waals surface area contributed by atoms with Gasteiger partial charge in [-0.1, -0.05) is 6.07 Å². The van der Waals surface area contributed by atoms with Gasteiger partial charge in [0.15, 0.2) is 0 Å². The fraction of sp³-hybridized carbons (Fsp3) is 0.696. The van der Waals surface area contributed by atoms with E-state index in [2.05, 4.69) is 17.0 Å². The van der Waals surface area contributed by atoms with E-state index in [1.165, 1.54) is 18.4 Å². The van der Waals surface area contributed by atoms with Gasteiger partial charge < -0.3 is 19.5 Å². The standard InChI is InChI=1S/C23H34N2O4/c1-22(2,3)29-21(27)25-12-8-23(9-13-25)15-19(26)18-14-17(6-7-20(18)28-23)16-24-10-4-5-11-24/h6-7,14,19,26H,4-5,8-13,15-16H2,1-3H3. The van der Waals surface area contributed by atoms with Crippen molar-refractivity contribution in [2.45, 2.75) is 76.7 Å². The maximum Gasteiger partial charge on any atom is 0.410 e. The number of piperidine rings is 1. The number of carbonyl (C=O) groups is 1. The first kappa shape index (κ1) is 20.5. The van der Waals surface area contributed by atoms with Crippen LogP contribution in [0.5, 0.6) is 5.75 Å². The average molecular weight is 403 g/mol. The molecule has 1 aromatic rings. The lowest BCUT2D eigenvalue weighted by Gasteiger charge is -2.46. The molecular formula is C23H34N2O4. The Bertz CT molecular complexity index is 744. The van der Waals surface area contributed by atoms with Gasteiger partial charge >= 0.3 is 6.09 Å². The van der Waals surface area contributed by atoms with Crippen LogP contribution in [0, 0.1) is 0 Å². The Morgan fingerprint density at radius 2 is 1.90 bits per heavy atom. The van der Waals surface area contributed by atoms with Gasteiger partial charge in [0.1, 0.15) is 17.0 Å². The van der Waals surface area contributed by atoms with Crippen molar-refractivity contribution >= 4 is 6.09 Å². The Morgan fingerprint density at radius 3 is 2.55 bits per heavy atom. The minimum absolute atomic E-state index is 0.268. The third-order valence-corrected chi connectivity index (χ3v) is 6.26. The van der Waals surface area contributed by atoms with Gasteiger partial charge in [-0.3, -0.25) is 4.90 Å². The van der Waals surface area contributed by atoms with Crippen molar-refractivity contribution in [1.82, 2.24) is 9.80 Å². The van der Waals surface area contributed by atoms with E-state index in [9.17, 15) is 9.90 Å². The monoisotopic (exact) mass is 402 g/mol. The molecule has 1 aromatic carbocycles. The molecule has 3 heterocycles. The van der Waals surface area contributed by atoms with Crippen LogP contribution in [0.15, 0.2) is 18.2 Å². The summed E-state index contributed by atoms with van der Waals surface area (Å²) in [5, 5.41) is 10.9. The minimum atomic E-state index is -0.523. The summed E-state index contributed by atoms with van der Waals surface area (Å²) in [7, 11) is 0. The first-order chi connectivity index (χ1) is 13.7. The number of benzene rings is 1. The maximum absolute atomic E-state index is 12.3. The van der Waals surface area contributed by atoms with E-state index in [0.717, 1.165) is 30.9 Å². The number of carbonyl (C=O) groups excluding carboxylic acids is 1. The minimum Gasteiger partial charge on any atom is -0.487 e. The topological polar surface area (TPSA) is 62.2 Å². The van der Waals surface area contributed by atoms with Gasteiger partial charge in [0.25, 0.3) is 0 Å². The van der Waals surface area contributed by atoms with E-state index in [1.807, 2.05) is 26.8 Å². The van der Waals surface area contributed by atoms with Crippen molar-refractivity contribution in [2.75, 3.05) is 26.2 Å². The lowest BCUT2D eigenvalue weighted by atomic mass is 9.81. The Hall–Kier alpha value is -1.79. The maximum atomic E-state index is 12.3. The molecule has 6 heteroatoms. The van der Waals surface area contributed by atoms with Gasteiger partial charge in [0, 0.05) is 44.5 Å². The molecule has 0 aliphatic carbocycles. The van der Waals surface area contributed by atoms with Crippen molar-refractivity contribution in [3.63, 3.8) is 0 Å². The quantitative estimate of drug-likeness (QED) is 0.814. The molecule has 0 bridgehead atoms. The highest BCUT2D eigenvalue weighted by Crippen LogP contribution is 2.44. The molecule has 1 N–H and O–H groups in total. The molecule has 0 saturated carbocycles. The molecule has 2 fully saturated rings. The Balaban J connectivity index is 1.40. The number of aliphatic hydroxyl groups excluding tert-OH is 1. The molecule has 1 atom stereocenters. The van der Waals surface area contributed by atoms with Crippen molar-refractivity contribution in [2.24, 2.45) is 0 Å². The van der Waals surface area contributed by atoms with Gasteiger partial charge in [-0.2, -0.15) is 0 Å². The van der Waals surface area contributed by atoms with E-state index in [1.54, 1.807) is 4.90 Å². The van der Waals surface area contributed by atoms with E-state index < -0.39 is 17.3 Å². The number of fused-ring (bicyclic) bond motifs is 1. The van der Waals surface area contributed by atoms with Gasteiger partial charge in [-0.15, -0.1) is 0 Å². The zero-order valence-corrected chi connectivity index (χ0v) is 17.9. The zero-order valence-electron chi connectivity index (χ0n) is 17.9. The third-order valence-electron chi connectivity index (χ3n) is 6.26. The molecule has 1 unspecified atom stereocenters. The van der Waals surface area contributed by atoms with Gasteiger partial charge in [-0.05, 0) is 64.4 Å². The first-order valence-electron chi connectivity index (χ1n) is 10.9. The van der Waals surface area contributed by atoms with E-state index in [-0.39, 0.29) is 6.09 Å². The van der Waals surface area contributed by atoms with E-state index >= 15 is 0 Å². The number of amides is 1. The van der Waals surface area contributed by atoms with Crippen LogP contribution in [0.25, 0.3) is 0 Å². The first-order valence-corrected chi connectivity index (χ1v) is 10.9. The van der Waals surface area contributed by atoms with Gasteiger partial charge in [0.2, 0.25) is 0 Å². The average Bonchev–Trinajstić information content (AvgIpc) is 3.14. The highest BCUT2D eigenvalue weighted by Gasteiger charge is 2.44. The third kappa shape index (κ3) is 4.69. The van der Waals surface area contributed by atoms with Crippen molar-refractivity contribution in [3.8, 4) is 5.75 Å². The number of ether oxygens (including phenoxy) is 2. The molecule has 160 valence electrons. The van der Waals surface area contributed by atoms with Crippen LogP contribution >= 0.6 is 0 Å². The lowest BCUT2D eigenvalue weighted by Crippen LogP contribution is -2.52. The normalized spacial score (nSPS) is 24.3. The summed E-state index contributed by atoms with van der Waals surface area (Å²) in [5.74, 6) is 0.791. The van der Waals surface area contributed by atoms with Crippen LogP contribution in [-0.2, 0) is 11.3 Å². The van der Waals surface area contributed by atoms with Crippen LogP contribution in [0.4, 0.5) is 4.79 Å². The van der Waals surface area contributed by atoms with E-state index in [4.69, 9.17) is 9.47 Å². The van der Waals surface area contributed by atoms with Gasteiger partial charge in [0.05, 0.1) is 6.10 Å². The summed E-state index contributed by atoms with van der Waals surface area (Å²) < 4.78 is 11.9. The van der Waals surface area contributed by atoms with Crippen LogP contribution in [0.3, 0.4) is 0 Å². The molecule has 1 amide bonds. The second kappa shape index (κ2) is 7.80. The van der Waals surface area contributed by atoms with Crippen LogP contribution < -0.4 is 4.74 Å². The summed E-state index contributed by atoms with van der Waals surface area (Å²) in [6.45, 7) is 10.1. The summed E-state index contributed by atoms with van der Waals surface area (Å²) in [4.78, 5) is 16.6. The molecule has 29 heavy (non-hydrogen) atoms. The number of aliphatic hydroxyl groups is 1. The van der Waals surface area contributed by atoms with Crippen LogP contribution in [0.1, 0.15) is 70.1 Å². The predicted molar refractivity (Wildman–Crippen MR) is 111 cm³/mol. The summed E-state index contributed by atoms with van der Waals surface area (Å²) in [6.07, 6.45) is 3.76. The summed E-state index contributed by atoms with van der Waals surface area (Å²) in [6, 6.07) is 6.25. The summed E-state index contributed by atoms with van der Waals surface area (Å²) >= 11 is 0.